The third-order valence-corrected chi connectivity index (χ3v) is 1.52. The lowest BCUT2D eigenvalue weighted by atomic mass is 10.2. The van der Waals surface area contributed by atoms with Gasteiger partial charge < -0.3 is 0 Å². The standard InChI is InChI=1S/C9H6F2S/c10-9(11)12-7-6-8-4-2-1-3-5-8/h1-5,9H. The maximum atomic E-state index is 11.6. The molecule has 0 fully saturated rings. The average molecular weight is 184 g/mol. The van der Waals surface area contributed by atoms with Gasteiger partial charge >= 0.3 is 0 Å². The minimum atomic E-state index is -2.42. The van der Waals surface area contributed by atoms with E-state index in [1.165, 1.54) is 0 Å². The summed E-state index contributed by atoms with van der Waals surface area (Å²) in [5, 5.41) is 2.32. The Labute approximate surface area is 74.0 Å². The van der Waals surface area contributed by atoms with Gasteiger partial charge in [-0.15, -0.1) is 0 Å². The van der Waals surface area contributed by atoms with E-state index in [1.54, 1.807) is 12.1 Å². The van der Waals surface area contributed by atoms with E-state index < -0.39 is 5.76 Å². The van der Waals surface area contributed by atoms with Crippen LogP contribution in [0.15, 0.2) is 30.3 Å². The number of halogens is 2. The van der Waals surface area contributed by atoms with Crippen LogP contribution in [0.25, 0.3) is 0 Å². The molecule has 12 heavy (non-hydrogen) atoms. The molecular weight excluding hydrogens is 178 g/mol. The predicted molar refractivity (Wildman–Crippen MR) is 46.9 cm³/mol. The topological polar surface area (TPSA) is 0 Å². The highest BCUT2D eigenvalue weighted by atomic mass is 32.2. The van der Waals surface area contributed by atoms with Crippen molar-refractivity contribution in [1.82, 2.24) is 0 Å². The Hall–Kier alpha value is -1.01. The zero-order valence-electron chi connectivity index (χ0n) is 6.13. The maximum absolute atomic E-state index is 11.6. The summed E-state index contributed by atoms with van der Waals surface area (Å²) in [5.41, 5.74) is 0.755. The van der Waals surface area contributed by atoms with Crippen molar-refractivity contribution in [3.63, 3.8) is 0 Å². The van der Waals surface area contributed by atoms with E-state index in [-0.39, 0.29) is 0 Å². The summed E-state index contributed by atoms with van der Waals surface area (Å²) in [6.45, 7) is 0. The van der Waals surface area contributed by atoms with Crippen LogP contribution >= 0.6 is 11.8 Å². The van der Waals surface area contributed by atoms with E-state index in [0.717, 1.165) is 5.56 Å². The molecule has 0 unspecified atom stereocenters. The zero-order valence-corrected chi connectivity index (χ0v) is 6.94. The van der Waals surface area contributed by atoms with Crippen molar-refractivity contribution >= 4 is 11.8 Å². The minimum absolute atomic E-state index is 0.332. The SMILES string of the molecule is FC(F)SC#Cc1ccccc1. The monoisotopic (exact) mass is 184 g/mol. The van der Waals surface area contributed by atoms with Gasteiger partial charge in [0, 0.05) is 5.56 Å². The first-order valence-corrected chi connectivity index (χ1v) is 4.17. The van der Waals surface area contributed by atoms with Gasteiger partial charge in [0.05, 0.1) is 0 Å². The molecule has 62 valence electrons. The average Bonchev–Trinajstić information content (AvgIpc) is 2.05. The first kappa shape index (κ1) is 9.08. The molecule has 0 spiro atoms. The zero-order chi connectivity index (χ0) is 8.81. The molecule has 0 bridgehead atoms. The van der Waals surface area contributed by atoms with Gasteiger partial charge in [0.25, 0.3) is 5.76 Å². The van der Waals surface area contributed by atoms with Crippen LogP contribution in [0.4, 0.5) is 8.78 Å². The fourth-order valence-corrected chi connectivity index (χ4v) is 0.920. The third kappa shape index (κ3) is 3.40. The first-order chi connectivity index (χ1) is 5.79. The number of thioether (sulfide) groups is 1. The van der Waals surface area contributed by atoms with Crippen LogP contribution in [0, 0.1) is 11.2 Å². The number of hydrogen-bond acceptors (Lipinski definition) is 1. The lowest BCUT2D eigenvalue weighted by Crippen LogP contribution is -1.75. The highest BCUT2D eigenvalue weighted by molar-refractivity contribution is 8.04. The van der Waals surface area contributed by atoms with E-state index in [1.807, 2.05) is 18.2 Å². The Morgan fingerprint density at radius 3 is 2.42 bits per heavy atom. The molecule has 0 saturated heterocycles. The molecule has 0 N–H and O–H groups in total. The molecule has 0 radical (unpaired) electrons. The number of alkyl halides is 2. The predicted octanol–water partition coefficient (Wildman–Crippen LogP) is 2.95. The molecule has 0 aliphatic carbocycles. The van der Waals surface area contributed by atoms with Gasteiger partial charge in [0.2, 0.25) is 0 Å². The summed E-state index contributed by atoms with van der Waals surface area (Å²) < 4.78 is 23.2. The lowest BCUT2D eigenvalue weighted by molar-refractivity contribution is 0.253. The molecule has 1 aromatic carbocycles. The van der Waals surface area contributed by atoms with Gasteiger partial charge in [-0.05, 0) is 29.1 Å². The fourth-order valence-electron chi connectivity index (χ4n) is 0.654. The number of hydrogen-bond donors (Lipinski definition) is 0. The minimum Gasteiger partial charge on any atom is -0.197 e. The van der Waals surface area contributed by atoms with Crippen LogP contribution in [-0.4, -0.2) is 5.76 Å². The molecule has 0 nitrogen and oxygen atoms in total. The molecule has 0 aliphatic heterocycles. The normalized spacial score (nSPS) is 9.25. The Morgan fingerprint density at radius 2 is 1.83 bits per heavy atom. The van der Waals surface area contributed by atoms with Gasteiger partial charge in [0.15, 0.2) is 0 Å². The van der Waals surface area contributed by atoms with E-state index in [4.69, 9.17) is 0 Å². The van der Waals surface area contributed by atoms with Crippen LogP contribution in [-0.2, 0) is 0 Å². The number of benzene rings is 1. The van der Waals surface area contributed by atoms with E-state index in [9.17, 15) is 8.78 Å². The van der Waals surface area contributed by atoms with Crippen molar-refractivity contribution in [3.05, 3.63) is 35.9 Å². The van der Waals surface area contributed by atoms with Crippen LogP contribution in [0.1, 0.15) is 5.56 Å². The summed E-state index contributed by atoms with van der Waals surface area (Å²) in [6, 6.07) is 9.04. The molecular formula is C9H6F2S. The summed E-state index contributed by atoms with van der Waals surface area (Å²) in [6.07, 6.45) is 0. The van der Waals surface area contributed by atoms with Crippen LogP contribution in [0.2, 0.25) is 0 Å². The lowest BCUT2D eigenvalue weighted by Gasteiger charge is -1.87. The molecule has 3 heteroatoms. The third-order valence-electron chi connectivity index (χ3n) is 1.12. The molecule has 0 heterocycles. The summed E-state index contributed by atoms with van der Waals surface area (Å²) in [7, 11) is 0. The second-order valence-electron chi connectivity index (χ2n) is 1.97. The first-order valence-electron chi connectivity index (χ1n) is 3.29. The largest absolute Gasteiger partial charge is 0.295 e. The molecule has 0 amide bonds. The quantitative estimate of drug-likeness (QED) is 0.605. The van der Waals surface area contributed by atoms with Crippen molar-refractivity contribution in [3.8, 4) is 11.2 Å². The highest BCUT2D eigenvalue weighted by Crippen LogP contribution is 2.11. The maximum Gasteiger partial charge on any atom is 0.295 e. The van der Waals surface area contributed by atoms with Crippen molar-refractivity contribution < 1.29 is 8.78 Å². The molecule has 0 aromatic heterocycles. The van der Waals surface area contributed by atoms with Crippen molar-refractivity contribution in [2.24, 2.45) is 0 Å². The van der Waals surface area contributed by atoms with Crippen LogP contribution in [0.3, 0.4) is 0 Å². The Kier molecular flexibility index (Phi) is 3.62. The van der Waals surface area contributed by atoms with Gasteiger partial charge in [-0.3, -0.25) is 0 Å². The van der Waals surface area contributed by atoms with Gasteiger partial charge in [-0.2, -0.15) is 8.78 Å². The molecule has 0 aliphatic rings. The second-order valence-corrected chi connectivity index (χ2v) is 2.77. The van der Waals surface area contributed by atoms with Crippen LogP contribution < -0.4 is 0 Å². The summed E-state index contributed by atoms with van der Waals surface area (Å²) in [5.74, 6) is 0.193. The number of rotatable bonds is 1. The molecule has 1 rings (SSSR count). The Morgan fingerprint density at radius 1 is 1.17 bits per heavy atom. The van der Waals surface area contributed by atoms with Gasteiger partial charge in [-0.25, -0.2) is 0 Å². The van der Waals surface area contributed by atoms with Crippen molar-refractivity contribution in [1.29, 1.82) is 0 Å². The molecule has 0 saturated carbocycles. The Bertz CT molecular complexity index is 284. The summed E-state index contributed by atoms with van der Waals surface area (Å²) >= 11 is 0.332. The van der Waals surface area contributed by atoms with Gasteiger partial charge in [-0.1, -0.05) is 24.1 Å². The molecule has 1 aromatic rings. The van der Waals surface area contributed by atoms with Gasteiger partial charge in [0.1, 0.15) is 0 Å². The Balaban J connectivity index is 2.55. The van der Waals surface area contributed by atoms with Crippen LogP contribution in [0.5, 0.6) is 0 Å². The van der Waals surface area contributed by atoms with Crippen molar-refractivity contribution in [2.75, 3.05) is 0 Å². The molecule has 0 atom stereocenters. The van der Waals surface area contributed by atoms with E-state index >= 15 is 0 Å². The summed E-state index contributed by atoms with van der Waals surface area (Å²) in [4.78, 5) is 0. The van der Waals surface area contributed by atoms with Crippen molar-refractivity contribution in [2.45, 2.75) is 5.76 Å². The highest BCUT2D eigenvalue weighted by Gasteiger charge is 1.96. The second kappa shape index (κ2) is 4.78. The smallest absolute Gasteiger partial charge is 0.197 e. The fraction of sp³-hybridized carbons (Fsp3) is 0.111. The van der Waals surface area contributed by atoms with E-state index in [2.05, 4.69) is 11.2 Å². The van der Waals surface area contributed by atoms with E-state index in [0.29, 0.717) is 11.8 Å².